The van der Waals surface area contributed by atoms with E-state index in [0.29, 0.717) is 5.78 Å². The van der Waals surface area contributed by atoms with Gasteiger partial charge < -0.3 is 5.32 Å². The molecule has 0 aliphatic carbocycles. The van der Waals surface area contributed by atoms with Crippen molar-refractivity contribution in [1.29, 1.82) is 0 Å². The molecule has 0 radical (unpaired) electrons. The second-order valence-electron chi connectivity index (χ2n) is 5.55. The lowest BCUT2D eigenvalue weighted by Crippen LogP contribution is -1.97. The Morgan fingerprint density at radius 3 is 2.67 bits per heavy atom. The zero-order valence-electron chi connectivity index (χ0n) is 13.1. The van der Waals surface area contributed by atoms with E-state index in [1.807, 2.05) is 53.1 Å². The van der Waals surface area contributed by atoms with Crippen LogP contribution in [0.15, 0.2) is 71.5 Å². The highest BCUT2D eigenvalue weighted by atomic mass is 79.9. The van der Waals surface area contributed by atoms with Gasteiger partial charge in [0.25, 0.3) is 0 Å². The third-order valence-electron chi connectivity index (χ3n) is 3.88. The Bertz CT molecular complexity index is 1010. The van der Waals surface area contributed by atoms with E-state index in [0.717, 1.165) is 32.8 Å². The number of hydrogen-bond donors (Lipinski definition) is 1. The minimum Gasteiger partial charge on any atom is -0.339 e. The molecule has 1 N–H and O–H groups in total. The Morgan fingerprint density at radius 2 is 1.88 bits per heavy atom. The van der Waals surface area contributed by atoms with Gasteiger partial charge in [-0.05, 0) is 42.8 Å². The van der Waals surface area contributed by atoms with E-state index in [-0.39, 0.29) is 0 Å². The number of halogens is 1. The molecule has 5 heteroatoms. The zero-order valence-corrected chi connectivity index (χ0v) is 14.7. The average Bonchev–Trinajstić information content (AvgIpc) is 2.94. The molecule has 0 amide bonds. The molecule has 0 unspecified atom stereocenters. The molecule has 118 valence electrons. The zero-order chi connectivity index (χ0) is 16.5. The van der Waals surface area contributed by atoms with Gasteiger partial charge in [-0.15, -0.1) is 0 Å². The summed E-state index contributed by atoms with van der Waals surface area (Å²) >= 11 is 3.52. The van der Waals surface area contributed by atoms with Crippen LogP contribution in [0, 0.1) is 6.92 Å². The quantitative estimate of drug-likeness (QED) is 0.531. The summed E-state index contributed by atoms with van der Waals surface area (Å²) in [4.78, 5) is 9.12. The lowest BCUT2D eigenvalue weighted by Gasteiger charge is -2.10. The van der Waals surface area contributed by atoms with Crippen molar-refractivity contribution >= 4 is 33.2 Å². The van der Waals surface area contributed by atoms with Gasteiger partial charge in [0.15, 0.2) is 0 Å². The van der Waals surface area contributed by atoms with Gasteiger partial charge in [-0.1, -0.05) is 40.2 Å². The van der Waals surface area contributed by atoms with E-state index >= 15 is 0 Å². The largest absolute Gasteiger partial charge is 0.339 e. The predicted octanol–water partition coefficient (Wildman–Crippen LogP) is 5.21. The molecule has 0 spiro atoms. The fraction of sp³-hybridized carbons (Fsp3) is 0.0526. The number of nitrogens with one attached hydrogen (secondary N) is 1. The first kappa shape index (κ1) is 14.9. The van der Waals surface area contributed by atoms with Crippen LogP contribution in [0.25, 0.3) is 17.0 Å². The van der Waals surface area contributed by atoms with Gasteiger partial charge in [0.2, 0.25) is 5.78 Å². The maximum Gasteiger partial charge on any atom is 0.235 e. The number of aryl methyl sites for hydroxylation is 1. The molecule has 4 nitrogen and oxygen atoms in total. The summed E-state index contributed by atoms with van der Waals surface area (Å²) in [6, 6.07) is 18.2. The topological polar surface area (TPSA) is 42.2 Å². The third-order valence-corrected chi connectivity index (χ3v) is 4.38. The molecular weight excluding hydrogens is 364 g/mol. The second-order valence-corrected chi connectivity index (χ2v) is 6.46. The van der Waals surface area contributed by atoms with E-state index < -0.39 is 0 Å². The normalized spacial score (nSPS) is 10.9. The molecule has 2 aromatic carbocycles. The first-order valence-electron chi connectivity index (χ1n) is 7.64. The highest BCUT2D eigenvalue weighted by Gasteiger charge is 2.16. The SMILES string of the molecule is Cc1cc(Br)ccc1-c1nc2ncccn2c1Nc1ccccc1. The average molecular weight is 379 g/mol. The monoisotopic (exact) mass is 378 g/mol. The number of nitrogens with zero attached hydrogens (tertiary/aromatic N) is 3. The number of anilines is 2. The van der Waals surface area contributed by atoms with Crippen LogP contribution in [0.2, 0.25) is 0 Å². The lowest BCUT2D eigenvalue weighted by atomic mass is 10.1. The molecule has 0 bridgehead atoms. The molecule has 0 fully saturated rings. The van der Waals surface area contributed by atoms with Crippen LogP contribution >= 0.6 is 15.9 Å². The summed E-state index contributed by atoms with van der Waals surface area (Å²) in [5.74, 6) is 1.59. The number of para-hydroxylation sites is 1. The fourth-order valence-corrected chi connectivity index (χ4v) is 3.22. The molecule has 0 saturated carbocycles. The Morgan fingerprint density at radius 1 is 1.04 bits per heavy atom. The summed E-state index contributed by atoms with van der Waals surface area (Å²) in [6.07, 6.45) is 3.73. The Labute approximate surface area is 148 Å². The molecule has 0 atom stereocenters. The van der Waals surface area contributed by atoms with Crippen LogP contribution in [-0.2, 0) is 0 Å². The van der Waals surface area contributed by atoms with Crippen LogP contribution < -0.4 is 5.32 Å². The van der Waals surface area contributed by atoms with Crippen molar-refractivity contribution in [3.63, 3.8) is 0 Å². The van der Waals surface area contributed by atoms with Gasteiger partial charge in [-0.3, -0.25) is 4.40 Å². The molecule has 2 aromatic heterocycles. The minimum absolute atomic E-state index is 0.674. The number of imidazole rings is 1. The fourth-order valence-electron chi connectivity index (χ4n) is 2.75. The molecule has 0 saturated heterocycles. The first-order valence-corrected chi connectivity index (χ1v) is 8.43. The smallest absolute Gasteiger partial charge is 0.235 e. The molecule has 4 aromatic rings. The first-order chi connectivity index (χ1) is 11.7. The van der Waals surface area contributed by atoms with Crippen LogP contribution in [0.1, 0.15) is 5.56 Å². The number of benzene rings is 2. The number of aromatic nitrogens is 3. The Balaban J connectivity index is 1.93. The van der Waals surface area contributed by atoms with Crippen LogP contribution in [0.4, 0.5) is 11.5 Å². The van der Waals surface area contributed by atoms with E-state index in [4.69, 9.17) is 4.98 Å². The van der Waals surface area contributed by atoms with E-state index in [2.05, 4.69) is 45.3 Å². The number of hydrogen-bond acceptors (Lipinski definition) is 3. The minimum atomic E-state index is 0.674. The van der Waals surface area contributed by atoms with Gasteiger partial charge in [0, 0.05) is 28.1 Å². The van der Waals surface area contributed by atoms with Crippen molar-refractivity contribution in [2.45, 2.75) is 6.92 Å². The molecule has 2 heterocycles. The van der Waals surface area contributed by atoms with Crippen molar-refractivity contribution in [3.8, 4) is 11.3 Å². The second kappa shape index (κ2) is 6.09. The maximum absolute atomic E-state index is 4.74. The Hall–Kier alpha value is -2.66. The van der Waals surface area contributed by atoms with Crippen LogP contribution in [0.5, 0.6) is 0 Å². The molecule has 0 aliphatic rings. The molecular formula is C19H15BrN4. The maximum atomic E-state index is 4.74. The summed E-state index contributed by atoms with van der Waals surface area (Å²) in [5, 5.41) is 3.48. The van der Waals surface area contributed by atoms with E-state index in [1.54, 1.807) is 6.20 Å². The predicted molar refractivity (Wildman–Crippen MR) is 101 cm³/mol. The molecule has 24 heavy (non-hydrogen) atoms. The summed E-state index contributed by atoms with van der Waals surface area (Å²) in [7, 11) is 0. The highest BCUT2D eigenvalue weighted by Crippen LogP contribution is 2.33. The standard InChI is InChI=1S/C19H15BrN4/c1-13-12-14(20)8-9-16(13)17-18(22-15-6-3-2-4-7-15)24-11-5-10-21-19(24)23-17/h2-12,22H,1H3. The van der Waals surface area contributed by atoms with Crippen LogP contribution in [0.3, 0.4) is 0 Å². The summed E-state index contributed by atoms with van der Waals surface area (Å²) < 4.78 is 3.03. The van der Waals surface area contributed by atoms with Crippen molar-refractivity contribution in [3.05, 3.63) is 77.0 Å². The van der Waals surface area contributed by atoms with Gasteiger partial charge in [0.1, 0.15) is 11.5 Å². The Kier molecular flexibility index (Phi) is 3.78. The highest BCUT2D eigenvalue weighted by molar-refractivity contribution is 9.10. The summed E-state index contributed by atoms with van der Waals surface area (Å²) in [6.45, 7) is 2.09. The number of fused-ring (bicyclic) bond motifs is 1. The van der Waals surface area contributed by atoms with Gasteiger partial charge in [-0.2, -0.15) is 0 Å². The van der Waals surface area contributed by atoms with Crippen LogP contribution in [-0.4, -0.2) is 14.4 Å². The lowest BCUT2D eigenvalue weighted by molar-refractivity contribution is 1.11. The summed E-state index contributed by atoms with van der Waals surface area (Å²) in [5.41, 5.74) is 4.15. The molecule has 0 aliphatic heterocycles. The van der Waals surface area contributed by atoms with Gasteiger partial charge >= 0.3 is 0 Å². The van der Waals surface area contributed by atoms with Crippen molar-refractivity contribution in [2.75, 3.05) is 5.32 Å². The van der Waals surface area contributed by atoms with E-state index in [9.17, 15) is 0 Å². The number of rotatable bonds is 3. The van der Waals surface area contributed by atoms with Crippen molar-refractivity contribution in [2.24, 2.45) is 0 Å². The van der Waals surface area contributed by atoms with Crippen molar-refractivity contribution < 1.29 is 0 Å². The third kappa shape index (κ3) is 2.67. The van der Waals surface area contributed by atoms with Crippen molar-refractivity contribution in [1.82, 2.24) is 14.4 Å². The van der Waals surface area contributed by atoms with Gasteiger partial charge in [0.05, 0.1) is 0 Å². The van der Waals surface area contributed by atoms with E-state index in [1.165, 1.54) is 0 Å². The van der Waals surface area contributed by atoms with Gasteiger partial charge in [-0.25, -0.2) is 9.97 Å². The molecule has 4 rings (SSSR count).